The second-order valence-corrected chi connectivity index (χ2v) is 3.23. The molecule has 0 bridgehead atoms. The number of amides is 1. The van der Waals surface area contributed by atoms with Gasteiger partial charge in [0, 0.05) is 13.6 Å². The minimum absolute atomic E-state index is 0.123. The number of esters is 1. The van der Waals surface area contributed by atoms with Crippen molar-refractivity contribution >= 4 is 11.9 Å². The first-order chi connectivity index (χ1) is 7.63. The van der Waals surface area contributed by atoms with Crippen molar-refractivity contribution in [3.8, 4) is 0 Å². The monoisotopic (exact) mass is 226 g/mol. The van der Waals surface area contributed by atoms with Gasteiger partial charge >= 0.3 is 5.97 Å². The molecule has 0 fully saturated rings. The molecule has 0 N–H and O–H groups in total. The molecule has 0 saturated carbocycles. The van der Waals surface area contributed by atoms with Gasteiger partial charge in [0.1, 0.15) is 19.2 Å². The predicted octanol–water partition coefficient (Wildman–Crippen LogP) is -0.700. The van der Waals surface area contributed by atoms with Gasteiger partial charge in [-0.15, -0.1) is 0 Å². The number of carbonyl (C=O) groups excluding carboxylic acids is 2. The maximum Gasteiger partial charge on any atom is 0.307 e. The number of likely N-dealkylation sites (N-methyl/N-ethyl adjacent to an activating group) is 1. The summed E-state index contributed by atoms with van der Waals surface area (Å²) in [6, 6.07) is 0. The van der Waals surface area contributed by atoms with Gasteiger partial charge < -0.3 is 9.64 Å². The molecular weight excluding hydrogens is 212 g/mol. The highest BCUT2D eigenvalue weighted by atomic mass is 16.5. The van der Waals surface area contributed by atoms with Crippen LogP contribution < -0.4 is 0 Å². The molecule has 1 aromatic rings. The normalized spacial score (nSPS) is 9.88. The largest absolute Gasteiger partial charge is 0.469 e. The van der Waals surface area contributed by atoms with E-state index in [0.29, 0.717) is 6.54 Å². The fourth-order valence-corrected chi connectivity index (χ4v) is 1.06. The topological polar surface area (TPSA) is 77.3 Å². The van der Waals surface area contributed by atoms with Crippen LogP contribution in [0.15, 0.2) is 12.7 Å². The molecule has 1 aromatic heterocycles. The Hall–Kier alpha value is -1.92. The number of hydrogen-bond acceptors (Lipinski definition) is 5. The summed E-state index contributed by atoms with van der Waals surface area (Å²) >= 11 is 0. The molecular formula is C9H14N4O3. The van der Waals surface area contributed by atoms with E-state index >= 15 is 0 Å². The van der Waals surface area contributed by atoms with Gasteiger partial charge in [0.25, 0.3) is 0 Å². The highest BCUT2D eigenvalue weighted by Gasteiger charge is 2.11. The van der Waals surface area contributed by atoms with Gasteiger partial charge in [0.2, 0.25) is 5.91 Å². The Labute approximate surface area is 93.0 Å². The summed E-state index contributed by atoms with van der Waals surface area (Å²) in [5.41, 5.74) is 0. The van der Waals surface area contributed by atoms with Gasteiger partial charge in [-0.25, -0.2) is 9.67 Å². The zero-order valence-electron chi connectivity index (χ0n) is 9.29. The lowest BCUT2D eigenvalue weighted by atomic mass is 10.4. The Balaban J connectivity index is 2.33. The Morgan fingerprint density at radius 2 is 2.25 bits per heavy atom. The molecule has 0 unspecified atom stereocenters. The highest BCUT2D eigenvalue weighted by molar-refractivity contribution is 5.76. The fraction of sp³-hybridized carbons (Fsp3) is 0.556. The zero-order chi connectivity index (χ0) is 12.0. The van der Waals surface area contributed by atoms with Crippen LogP contribution in [0.4, 0.5) is 0 Å². The van der Waals surface area contributed by atoms with Crippen LogP contribution in [0, 0.1) is 0 Å². The van der Waals surface area contributed by atoms with E-state index in [2.05, 4.69) is 14.8 Å². The van der Waals surface area contributed by atoms with Gasteiger partial charge in [0.15, 0.2) is 0 Å². The van der Waals surface area contributed by atoms with E-state index in [9.17, 15) is 9.59 Å². The van der Waals surface area contributed by atoms with Crippen LogP contribution in [0.1, 0.15) is 6.42 Å². The van der Waals surface area contributed by atoms with Crippen molar-refractivity contribution in [2.75, 3.05) is 20.7 Å². The van der Waals surface area contributed by atoms with E-state index in [1.54, 1.807) is 7.05 Å². The number of rotatable bonds is 5. The molecule has 1 amide bonds. The van der Waals surface area contributed by atoms with E-state index in [1.807, 2.05) is 0 Å². The number of methoxy groups -OCH3 is 1. The fourth-order valence-electron chi connectivity index (χ4n) is 1.06. The van der Waals surface area contributed by atoms with E-state index in [0.717, 1.165) is 0 Å². The standard InChI is InChI=1S/C9H14N4O3/c1-12(4-3-9(15)16-2)8(14)5-13-7-10-6-11-13/h6-7H,3-5H2,1-2H3. The summed E-state index contributed by atoms with van der Waals surface area (Å²) in [7, 11) is 2.95. The average Bonchev–Trinajstić information content (AvgIpc) is 2.77. The van der Waals surface area contributed by atoms with E-state index in [-0.39, 0.29) is 24.8 Å². The number of carbonyl (C=O) groups is 2. The van der Waals surface area contributed by atoms with Crippen molar-refractivity contribution in [2.45, 2.75) is 13.0 Å². The van der Waals surface area contributed by atoms with Crippen LogP contribution in [0.2, 0.25) is 0 Å². The molecule has 0 aliphatic carbocycles. The molecule has 7 nitrogen and oxygen atoms in total. The number of hydrogen-bond donors (Lipinski definition) is 0. The van der Waals surface area contributed by atoms with Gasteiger partial charge in [-0.1, -0.05) is 0 Å². The van der Waals surface area contributed by atoms with Gasteiger partial charge in [-0.2, -0.15) is 5.10 Å². The van der Waals surface area contributed by atoms with Gasteiger partial charge in [-0.3, -0.25) is 9.59 Å². The maximum absolute atomic E-state index is 11.6. The van der Waals surface area contributed by atoms with E-state index in [4.69, 9.17) is 0 Å². The maximum atomic E-state index is 11.6. The Morgan fingerprint density at radius 3 is 2.81 bits per heavy atom. The van der Waals surface area contributed by atoms with Crippen LogP contribution in [0.5, 0.6) is 0 Å². The third-order valence-electron chi connectivity index (χ3n) is 2.07. The van der Waals surface area contributed by atoms with Crippen LogP contribution >= 0.6 is 0 Å². The second kappa shape index (κ2) is 5.84. The molecule has 0 saturated heterocycles. The molecule has 7 heteroatoms. The van der Waals surface area contributed by atoms with Crippen molar-refractivity contribution in [3.63, 3.8) is 0 Å². The molecule has 0 radical (unpaired) electrons. The van der Waals surface area contributed by atoms with Crippen LogP contribution in [0.3, 0.4) is 0 Å². The highest BCUT2D eigenvalue weighted by Crippen LogP contribution is 1.93. The van der Waals surface area contributed by atoms with E-state index < -0.39 is 0 Å². The molecule has 0 spiro atoms. The summed E-state index contributed by atoms with van der Waals surface area (Å²) < 4.78 is 5.91. The Bertz CT molecular complexity index is 350. The first-order valence-corrected chi connectivity index (χ1v) is 4.76. The molecule has 1 heterocycles. The Kier molecular flexibility index (Phi) is 4.43. The quantitative estimate of drug-likeness (QED) is 0.620. The number of nitrogens with zero attached hydrogens (tertiary/aromatic N) is 4. The van der Waals surface area contributed by atoms with Gasteiger partial charge in [-0.05, 0) is 0 Å². The van der Waals surface area contributed by atoms with Crippen molar-refractivity contribution in [1.29, 1.82) is 0 Å². The lowest BCUT2D eigenvalue weighted by Crippen LogP contribution is -2.32. The number of ether oxygens (including phenoxy) is 1. The molecule has 88 valence electrons. The van der Waals surface area contributed by atoms with Crippen molar-refractivity contribution < 1.29 is 14.3 Å². The first-order valence-electron chi connectivity index (χ1n) is 4.76. The lowest BCUT2D eigenvalue weighted by molar-refractivity contribution is -0.141. The summed E-state index contributed by atoms with van der Waals surface area (Å²) in [6.45, 7) is 0.456. The zero-order valence-corrected chi connectivity index (χ0v) is 9.29. The third-order valence-corrected chi connectivity index (χ3v) is 2.07. The Morgan fingerprint density at radius 1 is 1.50 bits per heavy atom. The molecule has 0 aliphatic rings. The summed E-state index contributed by atoms with van der Waals surface area (Å²) in [5, 5.41) is 3.82. The van der Waals surface area contributed by atoms with E-state index in [1.165, 1.54) is 29.3 Å². The summed E-state index contributed by atoms with van der Waals surface area (Å²) in [4.78, 5) is 27.7. The third kappa shape index (κ3) is 3.68. The minimum atomic E-state index is -0.333. The summed E-state index contributed by atoms with van der Waals surface area (Å²) in [6.07, 6.45) is 3.02. The molecule has 0 aliphatic heterocycles. The van der Waals surface area contributed by atoms with Crippen LogP contribution in [0.25, 0.3) is 0 Å². The van der Waals surface area contributed by atoms with Gasteiger partial charge in [0.05, 0.1) is 13.5 Å². The SMILES string of the molecule is COC(=O)CCN(C)C(=O)Cn1cncn1. The van der Waals surface area contributed by atoms with Crippen molar-refractivity contribution in [3.05, 3.63) is 12.7 Å². The minimum Gasteiger partial charge on any atom is -0.469 e. The molecule has 16 heavy (non-hydrogen) atoms. The number of aromatic nitrogens is 3. The first kappa shape index (κ1) is 12.2. The smallest absolute Gasteiger partial charge is 0.307 e. The van der Waals surface area contributed by atoms with Crippen molar-refractivity contribution in [1.82, 2.24) is 19.7 Å². The molecule has 0 atom stereocenters. The molecule has 1 rings (SSSR count). The average molecular weight is 226 g/mol. The second-order valence-electron chi connectivity index (χ2n) is 3.23. The van der Waals surface area contributed by atoms with Crippen LogP contribution in [-0.2, 0) is 20.9 Å². The lowest BCUT2D eigenvalue weighted by Gasteiger charge is -2.15. The molecule has 0 aromatic carbocycles. The summed E-state index contributed by atoms with van der Waals surface area (Å²) in [5.74, 6) is -0.463. The predicted molar refractivity (Wildman–Crippen MR) is 54.3 cm³/mol. The van der Waals surface area contributed by atoms with Crippen molar-refractivity contribution in [2.24, 2.45) is 0 Å². The van der Waals surface area contributed by atoms with Crippen LogP contribution in [-0.4, -0.2) is 52.2 Å².